The predicted octanol–water partition coefficient (Wildman–Crippen LogP) is 5.54. The van der Waals surface area contributed by atoms with Gasteiger partial charge in [0.1, 0.15) is 0 Å². The molecule has 0 N–H and O–H groups in total. The smallest absolute Gasteiger partial charge is 0.0595 e. The molecule has 1 atom stereocenters. The fourth-order valence-corrected chi connectivity index (χ4v) is 3.23. The van der Waals surface area contributed by atoms with Crippen LogP contribution in [0.15, 0.2) is 18.2 Å². The van der Waals surface area contributed by atoms with Crippen LogP contribution in [0.1, 0.15) is 51.0 Å². The van der Waals surface area contributed by atoms with Crippen LogP contribution in [0, 0.1) is 0 Å². The molecule has 1 heterocycles. The lowest BCUT2D eigenvalue weighted by Gasteiger charge is -2.36. The molecule has 2 rings (SSSR count). The minimum Gasteiger partial charge on any atom is -0.296 e. The normalized spacial score (nSPS) is 20.7. The van der Waals surface area contributed by atoms with Gasteiger partial charge in [-0.05, 0) is 43.5 Å². The van der Waals surface area contributed by atoms with Crippen molar-refractivity contribution in [1.82, 2.24) is 4.90 Å². The molecule has 1 aromatic carbocycles. The Kier molecular flexibility index (Phi) is 6.00. The van der Waals surface area contributed by atoms with Crippen molar-refractivity contribution in [1.29, 1.82) is 0 Å². The molecule has 1 unspecified atom stereocenters. The van der Waals surface area contributed by atoms with Gasteiger partial charge in [-0.1, -0.05) is 55.5 Å². The average Bonchev–Trinajstić information content (AvgIpc) is 2.42. The molecule has 19 heavy (non-hydrogen) atoms. The zero-order valence-corrected chi connectivity index (χ0v) is 13.2. The zero-order valence-electron chi connectivity index (χ0n) is 11.7. The average molecular weight is 300 g/mol. The van der Waals surface area contributed by atoms with Gasteiger partial charge in [0, 0.05) is 12.6 Å². The summed E-state index contributed by atoms with van der Waals surface area (Å²) < 4.78 is 0. The van der Waals surface area contributed by atoms with Gasteiger partial charge in [-0.15, -0.1) is 0 Å². The van der Waals surface area contributed by atoms with E-state index in [-0.39, 0.29) is 0 Å². The molecule has 1 nitrogen and oxygen atoms in total. The van der Waals surface area contributed by atoms with Crippen LogP contribution < -0.4 is 0 Å². The lowest BCUT2D eigenvalue weighted by Crippen LogP contribution is -2.38. The molecule has 3 heteroatoms. The summed E-state index contributed by atoms with van der Waals surface area (Å²) in [6, 6.07) is 6.77. The lowest BCUT2D eigenvalue weighted by molar-refractivity contribution is 0.130. The highest BCUT2D eigenvalue weighted by molar-refractivity contribution is 6.42. The molecule has 0 aliphatic carbocycles. The van der Waals surface area contributed by atoms with E-state index in [2.05, 4.69) is 17.9 Å². The van der Waals surface area contributed by atoms with Crippen molar-refractivity contribution in [3.05, 3.63) is 33.8 Å². The van der Waals surface area contributed by atoms with Gasteiger partial charge in [-0.2, -0.15) is 0 Å². The van der Waals surface area contributed by atoms with E-state index >= 15 is 0 Å². The number of benzene rings is 1. The van der Waals surface area contributed by atoms with E-state index in [4.69, 9.17) is 23.2 Å². The summed E-state index contributed by atoms with van der Waals surface area (Å²) in [6.45, 7) is 4.49. The number of hydrogen-bond acceptors (Lipinski definition) is 1. The number of hydrogen-bond donors (Lipinski definition) is 0. The van der Waals surface area contributed by atoms with Gasteiger partial charge >= 0.3 is 0 Å². The molecule has 0 aromatic heterocycles. The lowest BCUT2D eigenvalue weighted by atomic mass is 9.96. The fourth-order valence-electron chi connectivity index (χ4n) is 2.91. The van der Waals surface area contributed by atoms with Gasteiger partial charge in [0.15, 0.2) is 0 Å². The number of piperidine rings is 1. The van der Waals surface area contributed by atoms with E-state index in [0.29, 0.717) is 10.0 Å². The Morgan fingerprint density at radius 1 is 1.21 bits per heavy atom. The van der Waals surface area contributed by atoms with Crippen molar-refractivity contribution in [2.75, 3.05) is 6.54 Å². The quantitative estimate of drug-likeness (QED) is 0.690. The highest BCUT2D eigenvalue weighted by atomic mass is 35.5. The van der Waals surface area contributed by atoms with Crippen LogP contribution in [-0.4, -0.2) is 17.5 Å². The highest BCUT2D eigenvalue weighted by Crippen LogP contribution is 2.26. The molecular weight excluding hydrogens is 277 g/mol. The Morgan fingerprint density at radius 3 is 2.79 bits per heavy atom. The van der Waals surface area contributed by atoms with Crippen molar-refractivity contribution < 1.29 is 0 Å². The predicted molar refractivity (Wildman–Crippen MR) is 84.0 cm³/mol. The second kappa shape index (κ2) is 7.52. The van der Waals surface area contributed by atoms with E-state index in [1.165, 1.54) is 50.6 Å². The van der Waals surface area contributed by atoms with Gasteiger partial charge in [-0.25, -0.2) is 0 Å². The summed E-state index contributed by atoms with van der Waals surface area (Å²) in [5.74, 6) is 0. The van der Waals surface area contributed by atoms with Crippen LogP contribution >= 0.6 is 23.2 Å². The molecule has 106 valence electrons. The van der Waals surface area contributed by atoms with Crippen molar-refractivity contribution in [3.8, 4) is 0 Å². The summed E-state index contributed by atoms with van der Waals surface area (Å²) in [5.41, 5.74) is 1.28. The van der Waals surface area contributed by atoms with Crippen molar-refractivity contribution >= 4 is 23.2 Å². The Bertz CT molecular complexity index is 406. The topological polar surface area (TPSA) is 3.24 Å². The van der Waals surface area contributed by atoms with Crippen molar-refractivity contribution in [2.24, 2.45) is 0 Å². The first-order chi connectivity index (χ1) is 9.20. The van der Waals surface area contributed by atoms with Crippen LogP contribution in [0.25, 0.3) is 0 Å². The standard InChI is InChI=1S/C16H23Cl2N/c1-2-3-6-14-7-4-5-10-19(14)12-13-8-9-15(17)16(18)11-13/h8-9,11,14H,2-7,10,12H2,1H3. The monoisotopic (exact) mass is 299 g/mol. The SMILES string of the molecule is CCCCC1CCCCN1Cc1ccc(Cl)c(Cl)c1. The fraction of sp³-hybridized carbons (Fsp3) is 0.625. The van der Waals surface area contributed by atoms with Crippen LogP contribution in [0.5, 0.6) is 0 Å². The number of rotatable bonds is 5. The van der Waals surface area contributed by atoms with Crippen LogP contribution in [0.4, 0.5) is 0 Å². The minimum absolute atomic E-state index is 0.645. The maximum atomic E-state index is 6.10. The molecule has 0 spiro atoms. The second-order valence-electron chi connectivity index (χ2n) is 5.51. The third-order valence-electron chi connectivity index (χ3n) is 4.01. The number of likely N-dealkylation sites (tertiary alicyclic amines) is 1. The first kappa shape index (κ1) is 15.2. The molecule has 0 bridgehead atoms. The molecule has 1 saturated heterocycles. The molecule has 0 amide bonds. The van der Waals surface area contributed by atoms with Gasteiger partial charge in [0.2, 0.25) is 0 Å². The van der Waals surface area contributed by atoms with E-state index in [0.717, 1.165) is 12.6 Å². The van der Waals surface area contributed by atoms with Crippen LogP contribution in [0.2, 0.25) is 10.0 Å². The maximum absolute atomic E-state index is 6.10. The Morgan fingerprint density at radius 2 is 2.05 bits per heavy atom. The van der Waals surface area contributed by atoms with Gasteiger partial charge in [-0.3, -0.25) is 4.90 Å². The molecule has 0 radical (unpaired) electrons. The Balaban J connectivity index is 1.99. The summed E-state index contributed by atoms with van der Waals surface area (Å²) >= 11 is 12.1. The second-order valence-corrected chi connectivity index (χ2v) is 6.33. The van der Waals surface area contributed by atoms with Crippen LogP contribution in [0.3, 0.4) is 0 Å². The highest BCUT2D eigenvalue weighted by Gasteiger charge is 2.21. The Hall–Kier alpha value is -0.240. The molecule has 0 saturated carbocycles. The summed E-state index contributed by atoms with van der Waals surface area (Å²) in [4.78, 5) is 2.62. The third kappa shape index (κ3) is 4.37. The van der Waals surface area contributed by atoms with Crippen molar-refractivity contribution in [3.63, 3.8) is 0 Å². The molecule has 1 fully saturated rings. The number of unbranched alkanes of at least 4 members (excludes halogenated alkanes) is 1. The molecule has 1 aliphatic rings. The zero-order chi connectivity index (χ0) is 13.7. The summed E-state index contributed by atoms with van der Waals surface area (Å²) in [6.07, 6.45) is 8.01. The molecular formula is C16H23Cl2N. The largest absolute Gasteiger partial charge is 0.296 e. The first-order valence-corrected chi connectivity index (χ1v) is 8.14. The van der Waals surface area contributed by atoms with Gasteiger partial charge in [0.25, 0.3) is 0 Å². The van der Waals surface area contributed by atoms with Crippen LogP contribution in [-0.2, 0) is 6.54 Å². The van der Waals surface area contributed by atoms with E-state index in [9.17, 15) is 0 Å². The van der Waals surface area contributed by atoms with E-state index in [1.54, 1.807) is 0 Å². The molecule has 1 aromatic rings. The maximum Gasteiger partial charge on any atom is 0.0595 e. The third-order valence-corrected chi connectivity index (χ3v) is 4.75. The van der Waals surface area contributed by atoms with Gasteiger partial charge < -0.3 is 0 Å². The van der Waals surface area contributed by atoms with Gasteiger partial charge in [0.05, 0.1) is 10.0 Å². The number of nitrogens with zero attached hydrogens (tertiary/aromatic N) is 1. The van der Waals surface area contributed by atoms with Crippen molar-refractivity contribution in [2.45, 2.75) is 58.0 Å². The summed E-state index contributed by atoms with van der Waals surface area (Å²) in [7, 11) is 0. The van der Waals surface area contributed by atoms with E-state index in [1.807, 2.05) is 12.1 Å². The van der Waals surface area contributed by atoms with E-state index < -0.39 is 0 Å². The Labute approximate surface area is 126 Å². The minimum atomic E-state index is 0.645. The number of halogens is 2. The summed E-state index contributed by atoms with van der Waals surface area (Å²) in [5, 5.41) is 1.31. The molecule has 1 aliphatic heterocycles. The first-order valence-electron chi connectivity index (χ1n) is 7.38.